The number of carbonyl (C=O) groups excluding carboxylic acids is 1. The number of fused-ring (bicyclic) bond motifs is 1. The van der Waals surface area contributed by atoms with Crippen molar-refractivity contribution < 1.29 is 4.79 Å². The molecule has 1 aliphatic heterocycles. The minimum Gasteiger partial charge on any atom is -0.347 e. The molecule has 2 N–H and O–H groups in total. The number of nitrogens with one attached hydrogen (secondary N) is 2. The molecule has 1 amide bonds. The molecule has 1 aromatic heterocycles. The van der Waals surface area contributed by atoms with Gasteiger partial charge in [0.05, 0.1) is 6.54 Å². The summed E-state index contributed by atoms with van der Waals surface area (Å²) in [6.07, 6.45) is 1.05. The van der Waals surface area contributed by atoms with Crippen molar-refractivity contribution in [3.63, 3.8) is 0 Å². The Hall–Kier alpha value is -1.65. The predicted octanol–water partition coefficient (Wildman–Crippen LogP) is 2.94. The van der Waals surface area contributed by atoms with E-state index < -0.39 is 0 Å². The Balaban J connectivity index is 1.67. The van der Waals surface area contributed by atoms with E-state index in [0.717, 1.165) is 25.1 Å². The van der Waals surface area contributed by atoms with E-state index in [4.69, 9.17) is 0 Å². The number of hydrogen-bond donors (Lipinski definition) is 2. The molecule has 0 aliphatic carbocycles. The maximum atomic E-state index is 12.3. The Morgan fingerprint density at radius 3 is 2.90 bits per heavy atom. The number of carbonyl (C=O) groups is 1. The molecule has 0 radical (unpaired) electrons. The Morgan fingerprint density at radius 2 is 2.14 bits per heavy atom. The summed E-state index contributed by atoms with van der Waals surface area (Å²) in [4.78, 5) is 14.8. The lowest BCUT2D eigenvalue weighted by molar-refractivity contribution is 0.0951. The van der Waals surface area contributed by atoms with Gasteiger partial charge in [-0.3, -0.25) is 4.79 Å². The highest BCUT2D eigenvalue weighted by molar-refractivity contribution is 7.12. The smallest absolute Gasteiger partial charge is 0.251 e. The fourth-order valence-electron chi connectivity index (χ4n) is 2.63. The van der Waals surface area contributed by atoms with Crippen LogP contribution in [0.5, 0.6) is 0 Å². The summed E-state index contributed by atoms with van der Waals surface area (Å²) in [5.41, 5.74) is 4.65. The summed E-state index contributed by atoms with van der Waals surface area (Å²) >= 11 is 1.75. The summed E-state index contributed by atoms with van der Waals surface area (Å²) < 4.78 is 0. The van der Waals surface area contributed by atoms with E-state index in [9.17, 15) is 4.79 Å². The molecule has 3 nitrogen and oxygen atoms in total. The summed E-state index contributed by atoms with van der Waals surface area (Å²) in [6, 6.07) is 8.19. The first-order chi connectivity index (χ1) is 10.1. The molecule has 3 rings (SSSR count). The zero-order valence-electron chi connectivity index (χ0n) is 12.5. The van der Waals surface area contributed by atoms with Gasteiger partial charge in [0, 0.05) is 21.9 Å². The first-order valence-corrected chi connectivity index (χ1v) is 8.12. The number of rotatable bonds is 3. The third-order valence-electron chi connectivity index (χ3n) is 4.00. The van der Waals surface area contributed by atoms with Crippen molar-refractivity contribution in [1.82, 2.24) is 10.6 Å². The second-order valence-electron chi connectivity index (χ2n) is 5.54. The highest BCUT2D eigenvalue weighted by Crippen LogP contribution is 2.20. The molecule has 0 fully saturated rings. The Bertz CT molecular complexity index is 656. The van der Waals surface area contributed by atoms with E-state index in [1.165, 1.54) is 26.4 Å². The van der Waals surface area contributed by atoms with Gasteiger partial charge < -0.3 is 10.6 Å². The van der Waals surface area contributed by atoms with Crippen LogP contribution < -0.4 is 10.6 Å². The van der Waals surface area contributed by atoms with Crippen LogP contribution in [0.4, 0.5) is 0 Å². The normalized spacial score (nSPS) is 13.8. The molecule has 0 saturated heterocycles. The number of benzene rings is 1. The topological polar surface area (TPSA) is 41.1 Å². The van der Waals surface area contributed by atoms with Crippen molar-refractivity contribution in [2.24, 2.45) is 0 Å². The van der Waals surface area contributed by atoms with Gasteiger partial charge >= 0.3 is 0 Å². The van der Waals surface area contributed by atoms with E-state index in [1.807, 2.05) is 12.1 Å². The molecule has 1 aliphatic rings. The highest BCUT2D eigenvalue weighted by Gasteiger charge is 2.12. The van der Waals surface area contributed by atoms with Crippen molar-refractivity contribution >= 4 is 17.2 Å². The lowest BCUT2D eigenvalue weighted by atomic mass is 9.98. The van der Waals surface area contributed by atoms with Crippen LogP contribution >= 0.6 is 11.3 Å². The van der Waals surface area contributed by atoms with Gasteiger partial charge in [0.2, 0.25) is 0 Å². The summed E-state index contributed by atoms with van der Waals surface area (Å²) in [7, 11) is 0. The minimum absolute atomic E-state index is 0.00656. The molecule has 0 bridgehead atoms. The van der Waals surface area contributed by atoms with Gasteiger partial charge in [0.1, 0.15) is 0 Å². The minimum atomic E-state index is 0.00656. The van der Waals surface area contributed by atoms with Gasteiger partial charge in [-0.2, -0.15) is 0 Å². The van der Waals surface area contributed by atoms with Crippen LogP contribution in [0, 0.1) is 13.8 Å². The zero-order chi connectivity index (χ0) is 14.8. The first kappa shape index (κ1) is 14.3. The van der Waals surface area contributed by atoms with Crippen molar-refractivity contribution in [2.75, 3.05) is 6.54 Å². The maximum Gasteiger partial charge on any atom is 0.251 e. The monoisotopic (exact) mass is 300 g/mol. The molecule has 21 heavy (non-hydrogen) atoms. The van der Waals surface area contributed by atoms with Crippen molar-refractivity contribution in [3.8, 4) is 0 Å². The summed E-state index contributed by atoms with van der Waals surface area (Å²) in [6.45, 7) is 6.71. The van der Waals surface area contributed by atoms with Crippen molar-refractivity contribution in [3.05, 3.63) is 56.3 Å². The van der Waals surface area contributed by atoms with Gasteiger partial charge in [0.25, 0.3) is 5.91 Å². The number of amides is 1. The molecule has 0 atom stereocenters. The summed E-state index contributed by atoms with van der Waals surface area (Å²) in [5, 5.41) is 6.36. The average Bonchev–Trinajstić information content (AvgIpc) is 2.83. The number of aryl methyl sites for hydroxylation is 2. The van der Waals surface area contributed by atoms with Crippen LogP contribution in [0.15, 0.2) is 24.3 Å². The van der Waals surface area contributed by atoms with Crippen LogP contribution in [0.3, 0.4) is 0 Å². The second-order valence-corrected chi connectivity index (χ2v) is 6.89. The molecule has 1 aromatic carbocycles. The lowest BCUT2D eigenvalue weighted by Crippen LogP contribution is -2.26. The molecular formula is C17H20N2OS. The van der Waals surface area contributed by atoms with Crippen LogP contribution in [0.1, 0.15) is 36.8 Å². The predicted molar refractivity (Wildman–Crippen MR) is 86.8 cm³/mol. The molecule has 2 aromatic rings. The Labute approximate surface area is 129 Å². The van der Waals surface area contributed by atoms with E-state index >= 15 is 0 Å². The van der Waals surface area contributed by atoms with Crippen LogP contribution in [0.2, 0.25) is 0 Å². The largest absolute Gasteiger partial charge is 0.347 e. The third-order valence-corrected chi connectivity index (χ3v) is 5.15. The standard InChI is InChI=1S/C17H20N2OS/c1-11-7-16(21-12(11)2)10-19-17(20)14-4-3-13-5-6-18-9-15(13)8-14/h3-4,7-8,18H,5-6,9-10H2,1-2H3,(H,19,20). The Morgan fingerprint density at radius 1 is 1.29 bits per heavy atom. The zero-order valence-corrected chi connectivity index (χ0v) is 13.3. The molecule has 4 heteroatoms. The Kier molecular flexibility index (Phi) is 4.08. The van der Waals surface area contributed by atoms with Crippen molar-refractivity contribution in [2.45, 2.75) is 33.4 Å². The summed E-state index contributed by atoms with van der Waals surface area (Å²) in [5.74, 6) is 0.00656. The first-order valence-electron chi connectivity index (χ1n) is 7.30. The molecule has 2 heterocycles. The van der Waals surface area contributed by atoms with Gasteiger partial charge in [0.15, 0.2) is 0 Å². The second kappa shape index (κ2) is 6.00. The molecule has 110 valence electrons. The van der Waals surface area contributed by atoms with Crippen LogP contribution in [-0.4, -0.2) is 12.5 Å². The van der Waals surface area contributed by atoms with E-state index in [2.05, 4.69) is 36.6 Å². The number of thiophene rings is 1. The SMILES string of the molecule is Cc1cc(CNC(=O)c2ccc3c(c2)CNCC3)sc1C. The molecule has 0 spiro atoms. The molecule has 0 saturated carbocycles. The highest BCUT2D eigenvalue weighted by atomic mass is 32.1. The van der Waals surface area contributed by atoms with E-state index in [-0.39, 0.29) is 5.91 Å². The molecule has 0 unspecified atom stereocenters. The van der Waals surface area contributed by atoms with Gasteiger partial charge in [-0.1, -0.05) is 6.07 Å². The lowest BCUT2D eigenvalue weighted by Gasteiger charge is -2.17. The van der Waals surface area contributed by atoms with E-state index in [0.29, 0.717) is 6.54 Å². The average molecular weight is 300 g/mol. The number of hydrogen-bond acceptors (Lipinski definition) is 3. The van der Waals surface area contributed by atoms with E-state index in [1.54, 1.807) is 11.3 Å². The fourth-order valence-corrected chi connectivity index (χ4v) is 3.62. The fraction of sp³-hybridized carbons (Fsp3) is 0.353. The van der Waals surface area contributed by atoms with Gasteiger partial charge in [-0.05, 0) is 61.7 Å². The third kappa shape index (κ3) is 3.17. The van der Waals surface area contributed by atoms with Gasteiger partial charge in [-0.25, -0.2) is 0 Å². The molecular weight excluding hydrogens is 280 g/mol. The van der Waals surface area contributed by atoms with Crippen LogP contribution in [-0.2, 0) is 19.5 Å². The van der Waals surface area contributed by atoms with Crippen molar-refractivity contribution in [1.29, 1.82) is 0 Å². The maximum absolute atomic E-state index is 12.3. The quantitative estimate of drug-likeness (QED) is 0.915. The van der Waals surface area contributed by atoms with Gasteiger partial charge in [-0.15, -0.1) is 11.3 Å². The van der Waals surface area contributed by atoms with Crippen LogP contribution in [0.25, 0.3) is 0 Å².